The van der Waals surface area contributed by atoms with Crippen LogP contribution in [0.5, 0.6) is 0 Å². The molecule has 1 aliphatic heterocycles. The lowest BCUT2D eigenvalue weighted by Gasteiger charge is -2.34. The second-order valence-corrected chi connectivity index (χ2v) is 6.60. The largest absolute Gasteiger partial charge is 0.369 e. The van der Waals surface area contributed by atoms with E-state index in [1.54, 1.807) is 18.6 Å². The fraction of sp³-hybridized carbons (Fsp3) is 0.316. The molecule has 27 heavy (non-hydrogen) atoms. The Kier molecular flexibility index (Phi) is 4.50. The van der Waals surface area contributed by atoms with Crippen molar-refractivity contribution in [2.75, 3.05) is 18.0 Å². The number of hydrogen-bond donors (Lipinski definition) is 0. The Balaban J connectivity index is 1.65. The lowest BCUT2D eigenvalue weighted by atomic mass is 9.94. The van der Waals surface area contributed by atoms with E-state index in [9.17, 15) is 9.65 Å². The highest BCUT2D eigenvalue weighted by molar-refractivity contribution is 5.81. The normalized spacial score (nSPS) is 14.9. The predicted molar refractivity (Wildman–Crippen MR) is 97.3 cm³/mol. The molecule has 3 aromatic heterocycles. The van der Waals surface area contributed by atoms with Crippen LogP contribution in [0.1, 0.15) is 30.3 Å². The van der Waals surface area contributed by atoms with E-state index in [0.29, 0.717) is 11.6 Å². The Morgan fingerprint density at radius 2 is 2.00 bits per heavy atom. The minimum atomic E-state index is -0.528. The zero-order chi connectivity index (χ0) is 18.8. The number of nitriles is 1. The molecule has 136 valence electrons. The van der Waals surface area contributed by atoms with Crippen LogP contribution in [0.15, 0.2) is 36.9 Å². The molecule has 0 spiro atoms. The van der Waals surface area contributed by atoms with Gasteiger partial charge in [0.05, 0.1) is 5.69 Å². The number of hydrogen-bond acceptors (Lipinski definition) is 6. The predicted octanol–water partition coefficient (Wildman–Crippen LogP) is 2.67. The number of pyridine rings is 2. The van der Waals surface area contributed by atoms with E-state index in [2.05, 4.69) is 31.1 Å². The van der Waals surface area contributed by atoms with Crippen molar-refractivity contribution in [1.29, 1.82) is 5.26 Å². The van der Waals surface area contributed by atoms with Crippen molar-refractivity contribution in [2.45, 2.75) is 18.8 Å². The molecule has 7 nitrogen and oxygen atoms in total. The Bertz CT molecular complexity index is 982. The first kappa shape index (κ1) is 17.1. The summed E-state index contributed by atoms with van der Waals surface area (Å²) < 4.78 is 15.2. The molecule has 4 rings (SSSR count). The summed E-state index contributed by atoms with van der Waals surface area (Å²) in [6.07, 6.45) is 6.63. The maximum Gasteiger partial charge on any atom is 0.212 e. The second-order valence-electron chi connectivity index (χ2n) is 6.60. The second kappa shape index (κ2) is 7.11. The highest BCUT2D eigenvalue weighted by Gasteiger charge is 2.27. The molecule has 0 N–H and O–H groups in total. The van der Waals surface area contributed by atoms with E-state index in [4.69, 9.17) is 0 Å². The van der Waals surface area contributed by atoms with Crippen LogP contribution in [0, 0.1) is 17.3 Å². The van der Waals surface area contributed by atoms with Gasteiger partial charge in [0.25, 0.3) is 0 Å². The Hall–Kier alpha value is -3.34. The number of aromatic nitrogens is 5. The number of halogens is 1. The Morgan fingerprint density at radius 3 is 2.63 bits per heavy atom. The van der Waals surface area contributed by atoms with E-state index in [-0.39, 0.29) is 0 Å². The summed E-state index contributed by atoms with van der Waals surface area (Å²) in [6, 6.07) is 7.04. The quantitative estimate of drug-likeness (QED) is 0.665. The highest BCUT2D eigenvalue weighted by Crippen LogP contribution is 2.36. The standard InChI is InChI=1S/C19H18FN7/c1-26-12-24-25-19(26)13-5-8-27(9-6-13)18-15(4-7-22-16(18)10-21)14-2-3-17(20)23-11-14/h2-4,7,11-13H,5-6,8-9H2,1H3. The molecule has 0 unspecified atom stereocenters. The smallest absolute Gasteiger partial charge is 0.212 e. The van der Waals surface area contributed by atoms with Gasteiger partial charge in [0.15, 0.2) is 5.69 Å². The minimum absolute atomic E-state index is 0.340. The lowest BCUT2D eigenvalue weighted by molar-refractivity contribution is 0.474. The van der Waals surface area contributed by atoms with Gasteiger partial charge in [-0.05, 0) is 31.0 Å². The first-order valence-electron chi connectivity index (χ1n) is 8.77. The Morgan fingerprint density at radius 1 is 1.19 bits per heavy atom. The summed E-state index contributed by atoms with van der Waals surface area (Å²) in [5, 5.41) is 17.8. The van der Waals surface area contributed by atoms with E-state index in [1.807, 2.05) is 17.7 Å². The van der Waals surface area contributed by atoms with Crippen LogP contribution < -0.4 is 4.90 Å². The van der Waals surface area contributed by atoms with Crippen LogP contribution >= 0.6 is 0 Å². The van der Waals surface area contributed by atoms with Gasteiger partial charge in [0, 0.05) is 49.6 Å². The summed E-state index contributed by atoms with van der Waals surface area (Å²) in [5.41, 5.74) is 2.76. The number of aryl methyl sites for hydroxylation is 1. The van der Waals surface area contributed by atoms with Crippen LogP contribution in [-0.2, 0) is 7.05 Å². The molecule has 0 aliphatic carbocycles. The molecule has 0 amide bonds. The summed E-state index contributed by atoms with van der Waals surface area (Å²) in [7, 11) is 1.95. The molecule has 0 saturated carbocycles. The summed E-state index contributed by atoms with van der Waals surface area (Å²) >= 11 is 0. The first-order chi connectivity index (χ1) is 13.2. The van der Waals surface area contributed by atoms with Crippen molar-refractivity contribution in [3.05, 3.63) is 54.4 Å². The van der Waals surface area contributed by atoms with Crippen LogP contribution in [0.2, 0.25) is 0 Å². The molecule has 1 saturated heterocycles. The summed E-state index contributed by atoms with van der Waals surface area (Å²) in [5.74, 6) is 0.801. The van der Waals surface area contributed by atoms with Crippen LogP contribution in [-0.4, -0.2) is 37.8 Å². The lowest BCUT2D eigenvalue weighted by Crippen LogP contribution is -2.34. The molecule has 1 aliphatic rings. The minimum Gasteiger partial charge on any atom is -0.369 e. The topological polar surface area (TPSA) is 83.5 Å². The molecular formula is C19H18FN7. The van der Waals surface area contributed by atoms with Crippen LogP contribution in [0.4, 0.5) is 10.1 Å². The van der Waals surface area contributed by atoms with Crippen molar-refractivity contribution in [2.24, 2.45) is 7.05 Å². The van der Waals surface area contributed by atoms with Crippen LogP contribution in [0.3, 0.4) is 0 Å². The maximum atomic E-state index is 13.2. The SMILES string of the molecule is Cn1cnnc1C1CCN(c2c(-c3ccc(F)nc3)ccnc2C#N)CC1. The average molecular weight is 363 g/mol. The molecular weight excluding hydrogens is 345 g/mol. The third-order valence-electron chi connectivity index (χ3n) is 4.99. The van der Waals surface area contributed by atoms with Gasteiger partial charge in [-0.25, -0.2) is 9.97 Å². The van der Waals surface area contributed by atoms with Crippen molar-refractivity contribution >= 4 is 5.69 Å². The number of nitrogens with zero attached hydrogens (tertiary/aromatic N) is 7. The van der Waals surface area contributed by atoms with Crippen molar-refractivity contribution in [3.63, 3.8) is 0 Å². The Labute approximate surface area is 156 Å². The molecule has 0 aromatic carbocycles. The van der Waals surface area contributed by atoms with Gasteiger partial charge in [-0.3, -0.25) is 0 Å². The van der Waals surface area contributed by atoms with Crippen LogP contribution in [0.25, 0.3) is 11.1 Å². The van der Waals surface area contributed by atoms with E-state index >= 15 is 0 Å². The van der Waals surface area contributed by atoms with Gasteiger partial charge in [-0.15, -0.1) is 10.2 Å². The van der Waals surface area contributed by atoms with Gasteiger partial charge in [-0.1, -0.05) is 0 Å². The zero-order valence-electron chi connectivity index (χ0n) is 14.9. The van der Waals surface area contributed by atoms with Gasteiger partial charge < -0.3 is 9.47 Å². The van der Waals surface area contributed by atoms with Gasteiger partial charge in [0.2, 0.25) is 5.95 Å². The van der Waals surface area contributed by atoms with E-state index in [1.165, 1.54) is 12.3 Å². The number of piperidine rings is 1. The molecule has 0 radical (unpaired) electrons. The molecule has 0 bridgehead atoms. The van der Waals surface area contributed by atoms with E-state index in [0.717, 1.165) is 48.6 Å². The third kappa shape index (κ3) is 3.24. The molecule has 3 aromatic rings. The maximum absolute atomic E-state index is 13.2. The molecule has 8 heteroatoms. The fourth-order valence-electron chi connectivity index (χ4n) is 3.65. The molecule has 0 atom stereocenters. The van der Waals surface area contributed by atoms with Gasteiger partial charge >= 0.3 is 0 Å². The summed E-state index contributed by atoms with van der Waals surface area (Å²) in [6.45, 7) is 1.55. The number of anilines is 1. The zero-order valence-corrected chi connectivity index (χ0v) is 14.9. The molecule has 4 heterocycles. The van der Waals surface area contributed by atoms with Crippen molar-refractivity contribution in [1.82, 2.24) is 24.7 Å². The number of rotatable bonds is 3. The third-order valence-corrected chi connectivity index (χ3v) is 4.99. The first-order valence-corrected chi connectivity index (χ1v) is 8.77. The summed E-state index contributed by atoms with van der Waals surface area (Å²) in [4.78, 5) is 10.2. The highest BCUT2D eigenvalue weighted by atomic mass is 19.1. The van der Waals surface area contributed by atoms with Crippen molar-refractivity contribution < 1.29 is 4.39 Å². The fourth-order valence-corrected chi connectivity index (χ4v) is 3.65. The van der Waals surface area contributed by atoms with Crippen molar-refractivity contribution in [3.8, 4) is 17.2 Å². The van der Waals surface area contributed by atoms with Gasteiger partial charge in [-0.2, -0.15) is 9.65 Å². The van der Waals surface area contributed by atoms with Gasteiger partial charge in [0.1, 0.15) is 18.2 Å². The average Bonchev–Trinajstić information content (AvgIpc) is 3.14. The van der Waals surface area contributed by atoms with E-state index < -0.39 is 5.95 Å². The molecule has 1 fully saturated rings. The monoisotopic (exact) mass is 363 g/mol.